The molecule has 3 heteroatoms. The molecule has 0 spiro atoms. The highest BCUT2D eigenvalue weighted by Gasteiger charge is 2.32. The van der Waals surface area contributed by atoms with Crippen LogP contribution < -0.4 is 5.73 Å². The zero-order chi connectivity index (χ0) is 8.36. The van der Waals surface area contributed by atoms with Gasteiger partial charge in [-0.15, -0.1) is 0 Å². The standard InChI is InChI=1S/C7H15NO2/c1-5(2)7(3,8)6(9)10-4/h5H,8H2,1-4H3. The molecule has 0 aromatic carbocycles. The van der Waals surface area contributed by atoms with Crippen LogP contribution in [0.1, 0.15) is 20.8 Å². The van der Waals surface area contributed by atoms with Crippen molar-refractivity contribution in [3.8, 4) is 0 Å². The Morgan fingerprint density at radius 3 is 2.10 bits per heavy atom. The number of esters is 1. The number of ether oxygens (including phenoxy) is 1. The molecular weight excluding hydrogens is 130 g/mol. The Kier molecular flexibility index (Phi) is 2.84. The fraction of sp³-hybridized carbons (Fsp3) is 0.857. The predicted octanol–water partition coefficient (Wildman–Crippen LogP) is 0.533. The minimum Gasteiger partial charge on any atom is -0.468 e. The molecule has 0 aliphatic carbocycles. The van der Waals surface area contributed by atoms with Crippen LogP contribution in [0.2, 0.25) is 0 Å². The van der Waals surface area contributed by atoms with Gasteiger partial charge < -0.3 is 10.5 Å². The maximum Gasteiger partial charge on any atom is 0.325 e. The van der Waals surface area contributed by atoms with E-state index in [0.29, 0.717) is 0 Å². The van der Waals surface area contributed by atoms with Gasteiger partial charge in [0.2, 0.25) is 0 Å². The summed E-state index contributed by atoms with van der Waals surface area (Å²) in [4.78, 5) is 10.9. The first kappa shape index (κ1) is 9.43. The molecule has 0 amide bonds. The third-order valence-electron chi connectivity index (χ3n) is 1.82. The molecule has 0 bridgehead atoms. The van der Waals surface area contributed by atoms with Crippen LogP contribution in [0.4, 0.5) is 0 Å². The number of carbonyl (C=O) groups is 1. The topological polar surface area (TPSA) is 52.3 Å². The van der Waals surface area contributed by atoms with E-state index < -0.39 is 5.54 Å². The minimum atomic E-state index is -0.852. The Hall–Kier alpha value is -0.570. The molecule has 0 aromatic rings. The average molecular weight is 145 g/mol. The Morgan fingerprint density at radius 1 is 1.60 bits per heavy atom. The van der Waals surface area contributed by atoms with Crippen LogP contribution >= 0.6 is 0 Å². The number of hydrogen-bond acceptors (Lipinski definition) is 3. The smallest absolute Gasteiger partial charge is 0.325 e. The van der Waals surface area contributed by atoms with Gasteiger partial charge in [0.1, 0.15) is 5.54 Å². The lowest BCUT2D eigenvalue weighted by molar-refractivity contribution is -0.148. The zero-order valence-electron chi connectivity index (χ0n) is 6.97. The molecule has 1 unspecified atom stereocenters. The second kappa shape index (κ2) is 3.01. The molecule has 0 saturated carbocycles. The Labute approximate surface area is 61.5 Å². The fourth-order valence-corrected chi connectivity index (χ4v) is 0.456. The molecule has 0 heterocycles. The summed E-state index contributed by atoms with van der Waals surface area (Å²) in [6, 6.07) is 0. The zero-order valence-corrected chi connectivity index (χ0v) is 6.97. The summed E-state index contributed by atoms with van der Waals surface area (Å²) in [6.07, 6.45) is 0. The minimum absolute atomic E-state index is 0.0972. The lowest BCUT2D eigenvalue weighted by Gasteiger charge is -2.25. The van der Waals surface area contributed by atoms with Gasteiger partial charge in [0.25, 0.3) is 0 Å². The van der Waals surface area contributed by atoms with Crippen LogP contribution in [0.15, 0.2) is 0 Å². The molecule has 1 atom stereocenters. The highest BCUT2D eigenvalue weighted by atomic mass is 16.5. The molecule has 3 nitrogen and oxygen atoms in total. The van der Waals surface area contributed by atoms with Gasteiger partial charge in [-0.25, -0.2) is 0 Å². The summed E-state index contributed by atoms with van der Waals surface area (Å²) in [5, 5.41) is 0. The predicted molar refractivity (Wildman–Crippen MR) is 39.4 cm³/mol. The SMILES string of the molecule is COC(=O)C(C)(N)C(C)C. The van der Waals surface area contributed by atoms with Crippen molar-refractivity contribution in [2.45, 2.75) is 26.3 Å². The lowest BCUT2D eigenvalue weighted by atomic mass is 9.90. The van der Waals surface area contributed by atoms with Crippen LogP contribution in [-0.2, 0) is 9.53 Å². The van der Waals surface area contributed by atoms with Gasteiger partial charge in [-0.05, 0) is 12.8 Å². The molecule has 60 valence electrons. The Morgan fingerprint density at radius 2 is 2.00 bits per heavy atom. The molecule has 2 N–H and O–H groups in total. The van der Waals surface area contributed by atoms with Gasteiger partial charge in [-0.3, -0.25) is 4.79 Å². The van der Waals surface area contributed by atoms with Crippen molar-refractivity contribution in [2.75, 3.05) is 7.11 Å². The molecule has 0 rings (SSSR count). The van der Waals surface area contributed by atoms with Crippen molar-refractivity contribution in [1.82, 2.24) is 0 Å². The van der Waals surface area contributed by atoms with Crippen LogP contribution in [0, 0.1) is 5.92 Å². The van der Waals surface area contributed by atoms with E-state index in [1.54, 1.807) is 6.92 Å². The first-order valence-corrected chi connectivity index (χ1v) is 3.30. The summed E-state index contributed by atoms with van der Waals surface area (Å²) >= 11 is 0. The highest BCUT2D eigenvalue weighted by Crippen LogP contribution is 2.13. The lowest BCUT2D eigenvalue weighted by Crippen LogP contribution is -2.50. The van der Waals surface area contributed by atoms with Crippen molar-refractivity contribution < 1.29 is 9.53 Å². The summed E-state index contributed by atoms with van der Waals surface area (Å²) in [5.74, 6) is -0.262. The van der Waals surface area contributed by atoms with Crippen LogP contribution in [-0.4, -0.2) is 18.6 Å². The monoisotopic (exact) mass is 145 g/mol. The van der Waals surface area contributed by atoms with Crippen LogP contribution in [0.25, 0.3) is 0 Å². The quantitative estimate of drug-likeness (QED) is 0.577. The highest BCUT2D eigenvalue weighted by molar-refractivity contribution is 5.80. The number of hydrogen-bond donors (Lipinski definition) is 1. The van der Waals surface area contributed by atoms with E-state index >= 15 is 0 Å². The summed E-state index contributed by atoms with van der Waals surface area (Å²) < 4.78 is 4.51. The van der Waals surface area contributed by atoms with Crippen molar-refractivity contribution in [3.05, 3.63) is 0 Å². The fourth-order valence-electron chi connectivity index (χ4n) is 0.456. The van der Waals surface area contributed by atoms with E-state index in [2.05, 4.69) is 4.74 Å². The van der Waals surface area contributed by atoms with Gasteiger partial charge in [0.15, 0.2) is 0 Å². The third-order valence-corrected chi connectivity index (χ3v) is 1.82. The largest absolute Gasteiger partial charge is 0.468 e. The molecule has 0 aliphatic rings. The third kappa shape index (κ3) is 1.70. The molecule has 0 radical (unpaired) electrons. The van der Waals surface area contributed by atoms with Gasteiger partial charge in [-0.1, -0.05) is 13.8 Å². The second-order valence-electron chi connectivity index (χ2n) is 2.93. The summed E-state index contributed by atoms with van der Waals surface area (Å²) in [5.41, 5.74) is 4.79. The number of carbonyl (C=O) groups excluding carboxylic acids is 1. The molecule has 0 saturated heterocycles. The van der Waals surface area contributed by atoms with Crippen LogP contribution in [0.3, 0.4) is 0 Å². The van der Waals surface area contributed by atoms with Crippen molar-refractivity contribution in [1.29, 1.82) is 0 Å². The summed E-state index contributed by atoms with van der Waals surface area (Å²) in [6.45, 7) is 5.44. The van der Waals surface area contributed by atoms with E-state index in [9.17, 15) is 4.79 Å². The Balaban J connectivity index is 4.24. The van der Waals surface area contributed by atoms with Crippen molar-refractivity contribution in [2.24, 2.45) is 11.7 Å². The second-order valence-corrected chi connectivity index (χ2v) is 2.93. The van der Waals surface area contributed by atoms with E-state index in [4.69, 9.17) is 5.73 Å². The molecule has 0 aromatic heterocycles. The van der Waals surface area contributed by atoms with Gasteiger partial charge in [-0.2, -0.15) is 0 Å². The van der Waals surface area contributed by atoms with Gasteiger partial charge >= 0.3 is 5.97 Å². The van der Waals surface area contributed by atoms with Gasteiger partial charge in [0, 0.05) is 0 Å². The summed E-state index contributed by atoms with van der Waals surface area (Å²) in [7, 11) is 1.34. The van der Waals surface area contributed by atoms with E-state index in [1.165, 1.54) is 7.11 Å². The molecule has 0 fully saturated rings. The molecular formula is C7H15NO2. The van der Waals surface area contributed by atoms with Gasteiger partial charge in [0.05, 0.1) is 7.11 Å². The van der Waals surface area contributed by atoms with Crippen molar-refractivity contribution >= 4 is 5.97 Å². The molecule has 0 aliphatic heterocycles. The molecule has 10 heavy (non-hydrogen) atoms. The first-order valence-electron chi connectivity index (χ1n) is 3.30. The average Bonchev–Trinajstić information content (AvgIpc) is 1.86. The maximum atomic E-state index is 10.9. The normalized spacial score (nSPS) is 16.6. The number of nitrogens with two attached hydrogens (primary N) is 1. The Bertz CT molecular complexity index is 130. The van der Waals surface area contributed by atoms with Crippen molar-refractivity contribution in [3.63, 3.8) is 0 Å². The van der Waals surface area contributed by atoms with Crippen LogP contribution in [0.5, 0.6) is 0 Å². The number of methoxy groups -OCH3 is 1. The van der Waals surface area contributed by atoms with E-state index in [1.807, 2.05) is 13.8 Å². The number of rotatable bonds is 2. The van der Waals surface area contributed by atoms with E-state index in [0.717, 1.165) is 0 Å². The first-order chi connectivity index (χ1) is 4.42. The van der Waals surface area contributed by atoms with E-state index in [-0.39, 0.29) is 11.9 Å². The maximum absolute atomic E-state index is 10.9.